The number of hydrogen-bond donors (Lipinski definition) is 4. The van der Waals surface area contributed by atoms with Crippen molar-refractivity contribution >= 4 is 25.5 Å². The van der Waals surface area contributed by atoms with Crippen molar-refractivity contribution in [2.75, 3.05) is 0 Å². The molecule has 0 radical (unpaired) electrons. The molecule has 0 aliphatic heterocycles. The lowest BCUT2D eigenvalue weighted by atomic mass is 10.1. The van der Waals surface area contributed by atoms with Gasteiger partial charge in [-0.3, -0.25) is 9.36 Å². The lowest BCUT2D eigenvalue weighted by Crippen LogP contribution is -2.40. The second-order valence-corrected chi connectivity index (χ2v) is 7.81. The third kappa shape index (κ3) is 3.41. The first-order valence-electron chi connectivity index (χ1n) is 7.69. The van der Waals surface area contributed by atoms with E-state index >= 15 is 0 Å². The van der Waals surface area contributed by atoms with E-state index in [2.05, 4.69) is 4.98 Å². The fraction of sp³-hybridized carbons (Fsp3) is 0.118. The number of carboxylic acids is 1. The summed E-state index contributed by atoms with van der Waals surface area (Å²) in [5.41, 5.74) is 2.51. The van der Waals surface area contributed by atoms with Gasteiger partial charge in [-0.2, -0.15) is 0 Å². The molecule has 10 heteroatoms. The Bertz CT molecular complexity index is 1070. The Morgan fingerprint density at radius 2 is 1.78 bits per heavy atom. The van der Waals surface area contributed by atoms with Crippen LogP contribution in [0.5, 0.6) is 0 Å². The molecular formula is C17H15N2O7P. The highest BCUT2D eigenvalue weighted by molar-refractivity contribution is 7.54. The van der Waals surface area contributed by atoms with Crippen LogP contribution in [0.1, 0.15) is 16.1 Å². The molecule has 0 bridgehead atoms. The number of aromatic nitrogens is 2. The standard InChI is InChI=1S/C17H15N2O7P/c20-10-11-1-3-12(4-2-11)13-5-6-15-18-8-14(19(15)9-13)7-17(23,16(21)22)27(24,25)26/h1-6,8-10,23H,7H2,(H,21,22)(H2,24,25,26). The van der Waals surface area contributed by atoms with Crippen LogP contribution in [0, 0.1) is 0 Å². The Kier molecular flexibility index (Phi) is 4.71. The molecule has 0 spiro atoms. The van der Waals surface area contributed by atoms with E-state index in [0.717, 1.165) is 11.8 Å². The van der Waals surface area contributed by atoms with Gasteiger partial charge in [-0.1, -0.05) is 24.3 Å². The van der Waals surface area contributed by atoms with Crippen molar-refractivity contribution in [3.8, 4) is 11.1 Å². The summed E-state index contributed by atoms with van der Waals surface area (Å²) in [5.74, 6) is -2.02. The largest absolute Gasteiger partial charge is 0.479 e. The second kappa shape index (κ2) is 6.71. The van der Waals surface area contributed by atoms with E-state index in [0.29, 0.717) is 16.8 Å². The van der Waals surface area contributed by atoms with Gasteiger partial charge in [0.15, 0.2) is 0 Å². The number of hydrogen-bond acceptors (Lipinski definition) is 5. The normalized spacial score (nSPS) is 14.0. The van der Waals surface area contributed by atoms with Crippen molar-refractivity contribution in [3.05, 3.63) is 60.0 Å². The van der Waals surface area contributed by atoms with Crippen molar-refractivity contribution in [1.29, 1.82) is 0 Å². The number of imidazole rings is 1. The molecule has 1 aromatic carbocycles. The van der Waals surface area contributed by atoms with Crippen molar-refractivity contribution in [3.63, 3.8) is 0 Å². The van der Waals surface area contributed by atoms with Crippen LogP contribution in [-0.2, 0) is 15.8 Å². The maximum absolute atomic E-state index is 11.5. The quantitative estimate of drug-likeness (QED) is 0.363. The molecule has 3 rings (SSSR count). The number of aliphatic carboxylic acids is 1. The van der Waals surface area contributed by atoms with Crippen LogP contribution in [0.4, 0.5) is 0 Å². The fourth-order valence-electron chi connectivity index (χ4n) is 2.64. The van der Waals surface area contributed by atoms with Crippen LogP contribution >= 0.6 is 7.60 Å². The highest BCUT2D eigenvalue weighted by Crippen LogP contribution is 2.50. The molecule has 2 heterocycles. The van der Waals surface area contributed by atoms with E-state index in [1.807, 2.05) is 0 Å². The molecule has 1 atom stereocenters. The minimum absolute atomic E-state index is 0.115. The van der Waals surface area contributed by atoms with Gasteiger partial charge in [-0.25, -0.2) is 9.78 Å². The number of aldehydes is 1. The number of pyridine rings is 1. The number of rotatable bonds is 6. The van der Waals surface area contributed by atoms with Crippen molar-refractivity contribution < 1.29 is 34.2 Å². The zero-order valence-electron chi connectivity index (χ0n) is 13.8. The molecule has 0 saturated heterocycles. The Balaban J connectivity index is 2.06. The van der Waals surface area contributed by atoms with Gasteiger partial charge in [0.25, 0.3) is 5.34 Å². The Morgan fingerprint density at radius 3 is 2.33 bits per heavy atom. The molecule has 0 aliphatic carbocycles. The number of nitrogens with zero attached hydrogens (tertiary/aromatic N) is 2. The molecule has 1 unspecified atom stereocenters. The van der Waals surface area contributed by atoms with Crippen LogP contribution in [-0.4, -0.2) is 47.0 Å². The SMILES string of the molecule is O=Cc1ccc(-c2ccc3ncc(CC(O)(C(=O)O)P(=O)(O)O)n3c2)cc1. The smallest absolute Gasteiger partial charge is 0.368 e. The topological polar surface area (TPSA) is 149 Å². The number of aliphatic hydroxyl groups is 1. The zero-order chi connectivity index (χ0) is 19.8. The summed E-state index contributed by atoms with van der Waals surface area (Å²) in [5, 5.41) is 15.9. The van der Waals surface area contributed by atoms with Gasteiger partial charge in [-0.15, -0.1) is 0 Å². The second-order valence-electron chi connectivity index (χ2n) is 5.98. The van der Waals surface area contributed by atoms with Gasteiger partial charge in [-0.05, 0) is 23.3 Å². The van der Waals surface area contributed by atoms with Crippen LogP contribution < -0.4 is 0 Å². The molecule has 0 amide bonds. The van der Waals surface area contributed by atoms with E-state index in [1.165, 1.54) is 10.6 Å². The summed E-state index contributed by atoms with van der Waals surface area (Å²) in [4.78, 5) is 44.7. The predicted molar refractivity (Wildman–Crippen MR) is 94.3 cm³/mol. The van der Waals surface area contributed by atoms with E-state index in [9.17, 15) is 29.0 Å². The Morgan fingerprint density at radius 1 is 1.15 bits per heavy atom. The van der Waals surface area contributed by atoms with Gasteiger partial charge in [0.1, 0.15) is 11.9 Å². The first-order valence-corrected chi connectivity index (χ1v) is 9.30. The summed E-state index contributed by atoms with van der Waals surface area (Å²) in [6, 6.07) is 10.1. The highest BCUT2D eigenvalue weighted by atomic mass is 31.2. The number of carboxylic acid groups (broad SMARTS) is 1. The lowest BCUT2D eigenvalue weighted by Gasteiger charge is -2.23. The minimum atomic E-state index is -5.36. The number of fused-ring (bicyclic) bond motifs is 1. The summed E-state index contributed by atoms with van der Waals surface area (Å²) in [6.07, 6.45) is 2.74. The molecule has 0 aliphatic rings. The number of carbonyl (C=O) groups excluding carboxylic acids is 1. The molecule has 0 saturated carbocycles. The molecule has 2 aromatic heterocycles. The fourth-order valence-corrected chi connectivity index (χ4v) is 3.26. The van der Waals surface area contributed by atoms with E-state index < -0.39 is 25.3 Å². The first kappa shape index (κ1) is 18.9. The summed E-state index contributed by atoms with van der Waals surface area (Å²) in [7, 11) is -5.36. The maximum Gasteiger partial charge on any atom is 0.368 e. The van der Waals surface area contributed by atoms with Gasteiger partial charge in [0.2, 0.25) is 0 Å². The predicted octanol–water partition coefficient (Wildman–Crippen LogP) is 1.31. The molecule has 140 valence electrons. The summed E-state index contributed by atoms with van der Waals surface area (Å²) in [6.45, 7) is 0. The molecule has 4 N–H and O–H groups in total. The lowest BCUT2D eigenvalue weighted by molar-refractivity contribution is -0.151. The Hall–Kier alpha value is -2.84. The molecule has 9 nitrogen and oxygen atoms in total. The van der Waals surface area contributed by atoms with Crippen molar-refractivity contribution in [2.24, 2.45) is 0 Å². The van der Waals surface area contributed by atoms with Gasteiger partial charge in [0.05, 0.1) is 0 Å². The van der Waals surface area contributed by atoms with Crippen LogP contribution in [0.3, 0.4) is 0 Å². The Labute approximate surface area is 152 Å². The van der Waals surface area contributed by atoms with E-state index in [4.69, 9.17) is 5.11 Å². The third-order valence-electron chi connectivity index (χ3n) is 4.21. The van der Waals surface area contributed by atoms with Crippen LogP contribution in [0.15, 0.2) is 48.8 Å². The monoisotopic (exact) mass is 390 g/mol. The van der Waals surface area contributed by atoms with E-state index in [-0.39, 0.29) is 5.69 Å². The van der Waals surface area contributed by atoms with Gasteiger partial charge < -0.3 is 24.4 Å². The van der Waals surface area contributed by atoms with Crippen LogP contribution in [0.2, 0.25) is 0 Å². The zero-order valence-corrected chi connectivity index (χ0v) is 14.7. The number of benzene rings is 1. The van der Waals surface area contributed by atoms with Crippen molar-refractivity contribution in [2.45, 2.75) is 11.8 Å². The van der Waals surface area contributed by atoms with E-state index in [1.54, 1.807) is 42.6 Å². The molecule has 3 aromatic rings. The highest BCUT2D eigenvalue weighted by Gasteiger charge is 2.53. The maximum atomic E-state index is 11.5. The van der Waals surface area contributed by atoms with Gasteiger partial charge in [0, 0.05) is 30.1 Å². The van der Waals surface area contributed by atoms with Crippen molar-refractivity contribution in [1.82, 2.24) is 9.38 Å². The molecule has 0 fully saturated rings. The number of carbonyl (C=O) groups is 2. The molecule has 27 heavy (non-hydrogen) atoms. The summed E-state index contributed by atoms with van der Waals surface area (Å²) >= 11 is 0. The summed E-state index contributed by atoms with van der Waals surface area (Å²) < 4.78 is 13.0. The average molecular weight is 390 g/mol. The average Bonchev–Trinajstić information content (AvgIpc) is 3.02. The first-order chi connectivity index (χ1) is 12.7. The van der Waals surface area contributed by atoms with Crippen LogP contribution in [0.25, 0.3) is 16.8 Å². The van der Waals surface area contributed by atoms with Gasteiger partial charge >= 0.3 is 13.6 Å². The molecular weight excluding hydrogens is 375 g/mol. The third-order valence-corrected chi connectivity index (χ3v) is 5.53. The minimum Gasteiger partial charge on any atom is -0.479 e.